The number of rotatable bonds is 6. The zero-order valence-electron chi connectivity index (χ0n) is 9.98. The zero-order chi connectivity index (χ0) is 14.5. The Hall–Kier alpha value is -2.16. The van der Waals surface area contributed by atoms with Crippen molar-refractivity contribution in [3.63, 3.8) is 0 Å². The molecule has 0 aliphatic carbocycles. The van der Waals surface area contributed by atoms with E-state index in [1.165, 1.54) is 19.1 Å². The molecular weight excluding hydrogens is 274 g/mol. The van der Waals surface area contributed by atoms with Crippen LogP contribution in [0.4, 0.5) is 5.69 Å². The second-order valence-electron chi connectivity index (χ2n) is 3.56. The fourth-order valence-corrected chi connectivity index (χ4v) is 2.35. The standard InChI is InChI=1S/C9H11N5O4S/c1-7-2-3-8(6-9(7)14(15)16)19(17,18)12-5-4-11-13-10/h2-3,6,12H,4-5H2,1H3. The van der Waals surface area contributed by atoms with Gasteiger partial charge < -0.3 is 0 Å². The van der Waals surface area contributed by atoms with Gasteiger partial charge in [0.2, 0.25) is 10.0 Å². The highest BCUT2D eigenvalue weighted by atomic mass is 32.2. The van der Waals surface area contributed by atoms with E-state index in [2.05, 4.69) is 14.7 Å². The summed E-state index contributed by atoms with van der Waals surface area (Å²) in [5.74, 6) is 0. The predicted molar refractivity (Wildman–Crippen MR) is 67.0 cm³/mol. The van der Waals surface area contributed by atoms with Gasteiger partial charge >= 0.3 is 0 Å². The first-order valence-corrected chi connectivity index (χ1v) is 6.62. The topological polar surface area (TPSA) is 138 Å². The Morgan fingerprint density at radius 2 is 2.21 bits per heavy atom. The molecule has 102 valence electrons. The van der Waals surface area contributed by atoms with Gasteiger partial charge in [0.1, 0.15) is 0 Å². The fourth-order valence-electron chi connectivity index (χ4n) is 1.31. The number of nitro benzene ring substituents is 1. The molecule has 1 N–H and O–H groups in total. The molecule has 0 spiro atoms. The summed E-state index contributed by atoms with van der Waals surface area (Å²) in [5.41, 5.74) is 8.15. The lowest BCUT2D eigenvalue weighted by molar-refractivity contribution is -0.385. The first-order valence-electron chi connectivity index (χ1n) is 5.14. The highest BCUT2D eigenvalue weighted by Crippen LogP contribution is 2.21. The lowest BCUT2D eigenvalue weighted by atomic mass is 10.2. The molecule has 0 unspecified atom stereocenters. The second kappa shape index (κ2) is 6.14. The monoisotopic (exact) mass is 285 g/mol. The van der Waals surface area contributed by atoms with Crippen LogP contribution in [0.15, 0.2) is 28.2 Å². The number of nitrogens with zero attached hydrogens (tertiary/aromatic N) is 4. The number of sulfonamides is 1. The molecule has 0 bridgehead atoms. The number of nitro groups is 1. The minimum Gasteiger partial charge on any atom is -0.258 e. The van der Waals surface area contributed by atoms with E-state index in [0.717, 1.165) is 6.07 Å². The summed E-state index contributed by atoms with van der Waals surface area (Å²) in [6, 6.07) is 3.63. The molecule has 1 rings (SSSR count). The zero-order valence-corrected chi connectivity index (χ0v) is 10.8. The van der Waals surface area contributed by atoms with Crippen LogP contribution in [0.5, 0.6) is 0 Å². The molecule has 19 heavy (non-hydrogen) atoms. The van der Waals surface area contributed by atoms with Crippen molar-refractivity contribution in [3.05, 3.63) is 44.3 Å². The van der Waals surface area contributed by atoms with Crippen molar-refractivity contribution < 1.29 is 13.3 Å². The summed E-state index contributed by atoms with van der Waals surface area (Å²) in [6.07, 6.45) is 0. The summed E-state index contributed by atoms with van der Waals surface area (Å²) >= 11 is 0. The average Bonchev–Trinajstić information content (AvgIpc) is 2.34. The van der Waals surface area contributed by atoms with Crippen LogP contribution in [0, 0.1) is 17.0 Å². The van der Waals surface area contributed by atoms with Crippen molar-refractivity contribution >= 4 is 15.7 Å². The van der Waals surface area contributed by atoms with Crippen LogP contribution in [0.2, 0.25) is 0 Å². The van der Waals surface area contributed by atoms with Gasteiger partial charge in [-0.1, -0.05) is 11.2 Å². The largest absolute Gasteiger partial charge is 0.273 e. The molecule has 10 heteroatoms. The summed E-state index contributed by atoms with van der Waals surface area (Å²) in [6.45, 7) is 1.40. The van der Waals surface area contributed by atoms with E-state index in [-0.39, 0.29) is 23.7 Å². The second-order valence-corrected chi connectivity index (χ2v) is 5.32. The molecule has 0 saturated carbocycles. The Balaban J connectivity index is 2.98. The Morgan fingerprint density at radius 3 is 2.79 bits per heavy atom. The number of hydrogen-bond donors (Lipinski definition) is 1. The van der Waals surface area contributed by atoms with Crippen molar-refractivity contribution in [1.29, 1.82) is 0 Å². The molecule has 1 aromatic carbocycles. The smallest absolute Gasteiger partial charge is 0.258 e. The van der Waals surface area contributed by atoms with Crippen molar-refractivity contribution in [2.45, 2.75) is 11.8 Å². The van der Waals surface area contributed by atoms with Gasteiger partial charge in [-0.2, -0.15) is 0 Å². The maximum atomic E-state index is 11.8. The Labute approximate surface area is 109 Å². The molecule has 0 heterocycles. The van der Waals surface area contributed by atoms with Gasteiger partial charge in [0.15, 0.2) is 0 Å². The molecule has 0 aromatic heterocycles. The number of benzene rings is 1. The van der Waals surface area contributed by atoms with E-state index in [1.807, 2.05) is 0 Å². The van der Waals surface area contributed by atoms with Crippen LogP contribution < -0.4 is 4.72 Å². The highest BCUT2D eigenvalue weighted by molar-refractivity contribution is 7.89. The van der Waals surface area contributed by atoms with Gasteiger partial charge in [0.25, 0.3) is 5.69 Å². The minimum atomic E-state index is -3.85. The third kappa shape index (κ3) is 3.91. The van der Waals surface area contributed by atoms with E-state index in [4.69, 9.17) is 5.53 Å². The van der Waals surface area contributed by atoms with Gasteiger partial charge in [-0.25, -0.2) is 13.1 Å². The average molecular weight is 285 g/mol. The van der Waals surface area contributed by atoms with Crippen molar-refractivity contribution in [2.24, 2.45) is 5.11 Å². The Bertz CT molecular complexity index is 636. The van der Waals surface area contributed by atoms with Gasteiger partial charge in [-0.3, -0.25) is 10.1 Å². The van der Waals surface area contributed by atoms with Crippen LogP contribution in [0.3, 0.4) is 0 Å². The summed E-state index contributed by atoms with van der Waals surface area (Å²) < 4.78 is 25.8. The lowest BCUT2D eigenvalue weighted by Gasteiger charge is -2.06. The van der Waals surface area contributed by atoms with Gasteiger partial charge in [0, 0.05) is 29.6 Å². The molecule has 0 saturated heterocycles. The minimum absolute atomic E-state index is 0.0380. The van der Waals surface area contributed by atoms with E-state index in [0.29, 0.717) is 5.56 Å². The fraction of sp³-hybridized carbons (Fsp3) is 0.333. The van der Waals surface area contributed by atoms with Crippen LogP contribution >= 0.6 is 0 Å². The number of azide groups is 1. The van der Waals surface area contributed by atoms with Crippen molar-refractivity contribution in [1.82, 2.24) is 4.72 Å². The SMILES string of the molecule is Cc1ccc(S(=O)(=O)NCCN=[N+]=[N-])cc1[N+](=O)[O-]. The molecule has 9 nitrogen and oxygen atoms in total. The third-order valence-electron chi connectivity index (χ3n) is 2.25. The van der Waals surface area contributed by atoms with E-state index in [1.54, 1.807) is 0 Å². The molecular formula is C9H11N5O4S. The van der Waals surface area contributed by atoms with Crippen LogP contribution in [0.1, 0.15) is 5.56 Å². The molecule has 0 radical (unpaired) electrons. The maximum absolute atomic E-state index is 11.8. The normalized spacial score (nSPS) is 10.8. The molecule has 0 aliphatic rings. The first-order chi connectivity index (χ1) is 8.88. The van der Waals surface area contributed by atoms with Crippen LogP contribution in [-0.4, -0.2) is 26.4 Å². The molecule has 0 atom stereocenters. The van der Waals surface area contributed by atoms with E-state index >= 15 is 0 Å². The Kier molecular flexibility index (Phi) is 4.81. The highest BCUT2D eigenvalue weighted by Gasteiger charge is 2.19. The molecule has 0 aliphatic heterocycles. The molecule has 0 fully saturated rings. The summed E-state index contributed by atoms with van der Waals surface area (Å²) in [4.78, 5) is 12.4. The number of aryl methyl sites for hydroxylation is 1. The lowest BCUT2D eigenvalue weighted by Crippen LogP contribution is -2.26. The van der Waals surface area contributed by atoms with Crippen LogP contribution in [0.25, 0.3) is 10.4 Å². The molecule has 1 aromatic rings. The maximum Gasteiger partial charge on any atom is 0.273 e. The first kappa shape index (κ1) is 14.9. The van der Waals surface area contributed by atoms with Gasteiger partial charge in [-0.05, 0) is 18.5 Å². The van der Waals surface area contributed by atoms with Crippen molar-refractivity contribution in [3.8, 4) is 0 Å². The van der Waals surface area contributed by atoms with Crippen molar-refractivity contribution in [2.75, 3.05) is 13.1 Å². The van der Waals surface area contributed by atoms with Gasteiger partial charge in [-0.15, -0.1) is 0 Å². The summed E-state index contributed by atoms with van der Waals surface area (Å²) in [7, 11) is -3.85. The predicted octanol–water partition coefficient (Wildman–Crippen LogP) is 1.49. The number of nitrogens with one attached hydrogen (secondary N) is 1. The van der Waals surface area contributed by atoms with E-state index < -0.39 is 14.9 Å². The third-order valence-corrected chi connectivity index (χ3v) is 3.71. The molecule has 0 amide bonds. The summed E-state index contributed by atoms with van der Waals surface area (Å²) in [5, 5.41) is 13.9. The van der Waals surface area contributed by atoms with Gasteiger partial charge in [0.05, 0.1) is 9.82 Å². The quantitative estimate of drug-likeness (QED) is 0.211. The number of hydrogen-bond acceptors (Lipinski definition) is 5. The van der Waals surface area contributed by atoms with Crippen LogP contribution in [-0.2, 0) is 10.0 Å². The Morgan fingerprint density at radius 1 is 1.53 bits per heavy atom. The van der Waals surface area contributed by atoms with E-state index in [9.17, 15) is 18.5 Å².